The third kappa shape index (κ3) is 4.41. The maximum Gasteiger partial charge on any atom is 0.172 e. The molecule has 1 aliphatic heterocycles. The van der Waals surface area contributed by atoms with Crippen LogP contribution in [0.2, 0.25) is 0 Å². The lowest BCUT2D eigenvalue weighted by molar-refractivity contribution is -0.211. The van der Waals surface area contributed by atoms with Gasteiger partial charge in [-0.15, -0.1) is 0 Å². The summed E-state index contributed by atoms with van der Waals surface area (Å²) in [5.74, 6) is 0.954. The summed E-state index contributed by atoms with van der Waals surface area (Å²) in [6, 6.07) is 20.6. The van der Waals surface area contributed by atoms with Gasteiger partial charge < -0.3 is 18.9 Å². The molecule has 0 N–H and O–H groups in total. The second-order valence-corrected chi connectivity index (χ2v) is 8.62. The summed E-state index contributed by atoms with van der Waals surface area (Å²) in [5, 5.41) is 0. The first-order valence-corrected chi connectivity index (χ1v) is 10.9. The molecule has 2 saturated carbocycles. The minimum absolute atomic E-state index is 0.0752. The zero-order valence-corrected chi connectivity index (χ0v) is 16.9. The Bertz CT molecular complexity index is 724. The SMILES string of the molecule is c1ccc(COC[C@@H]2OC3(CCC[C@H]4C[C@H]43)O[C@H]2COCc2ccccc2)cc1. The summed E-state index contributed by atoms with van der Waals surface area (Å²) in [6.45, 7) is 2.26. The van der Waals surface area contributed by atoms with Gasteiger partial charge in [-0.25, -0.2) is 0 Å². The van der Waals surface area contributed by atoms with Crippen molar-refractivity contribution in [3.8, 4) is 0 Å². The molecule has 3 fully saturated rings. The standard InChI is InChI=1S/C25H30O4/c1-3-8-19(9-4-1)15-26-17-23-24(18-27-16-20-10-5-2-6-11-20)29-25(28-23)13-7-12-21-14-22(21)25/h1-6,8-11,21-24H,7,12-18H2/t21-,22+,23-,24-/m0/s1. The van der Waals surface area contributed by atoms with Crippen molar-refractivity contribution in [2.45, 2.75) is 56.9 Å². The Morgan fingerprint density at radius 3 is 1.90 bits per heavy atom. The van der Waals surface area contributed by atoms with E-state index < -0.39 is 5.79 Å². The summed E-state index contributed by atoms with van der Waals surface area (Å²) in [5.41, 5.74) is 2.36. The van der Waals surface area contributed by atoms with Gasteiger partial charge in [0.2, 0.25) is 0 Å². The number of hydrogen-bond acceptors (Lipinski definition) is 4. The molecule has 4 nitrogen and oxygen atoms in total. The second-order valence-electron chi connectivity index (χ2n) is 8.62. The van der Waals surface area contributed by atoms with Gasteiger partial charge >= 0.3 is 0 Å². The molecule has 29 heavy (non-hydrogen) atoms. The summed E-state index contributed by atoms with van der Waals surface area (Å²) >= 11 is 0. The fourth-order valence-corrected chi connectivity index (χ4v) is 4.90. The van der Waals surface area contributed by atoms with Crippen molar-refractivity contribution < 1.29 is 18.9 Å². The Labute approximate surface area is 173 Å². The largest absolute Gasteiger partial charge is 0.374 e. The predicted molar refractivity (Wildman–Crippen MR) is 110 cm³/mol. The van der Waals surface area contributed by atoms with Crippen LogP contribution in [0, 0.1) is 11.8 Å². The van der Waals surface area contributed by atoms with Crippen molar-refractivity contribution in [3.63, 3.8) is 0 Å². The lowest BCUT2D eigenvalue weighted by Crippen LogP contribution is -2.37. The summed E-state index contributed by atoms with van der Waals surface area (Å²) in [6.07, 6.45) is 4.61. The molecule has 0 bridgehead atoms. The molecule has 0 aromatic heterocycles. The van der Waals surface area contributed by atoms with Crippen LogP contribution in [0.1, 0.15) is 36.8 Å². The molecule has 2 aromatic rings. The van der Waals surface area contributed by atoms with Gasteiger partial charge in [-0.3, -0.25) is 0 Å². The molecule has 154 valence electrons. The first-order chi connectivity index (χ1) is 14.3. The van der Waals surface area contributed by atoms with E-state index >= 15 is 0 Å². The van der Waals surface area contributed by atoms with Crippen molar-refractivity contribution in [2.24, 2.45) is 11.8 Å². The Hall–Kier alpha value is -1.72. The zero-order chi connectivity index (χ0) is 19.5. The van der Waals surface area contributed by atoms with E-state index in [1.807, 2.05) is 36.4 Å². The van der Waals surface area contributed by atoms with E-state index in [1.165, 1.54) is 30.4 Å². The van der Waals surface area contributed by atoms with E-state index in [0.717, 1.165) is 12.3 Å². The Morgan fingerprint density at radius 2 is 1.34 bits per heavy atom. The molecule has 0 amide bonds. The highest BCUT2D eigenvalue weighted by molar-refractivity contribution is 5.14. The molecule has 0 unspecified atom stereocenters. The van der Waals surface area contributed by atoms with Crippen LogP contribution in [0.25, 0.3) is 0 Å². The lowest BCUT2D eigenvalue weighted by atomic mass is 9.94. The average molecular weight is 395 g/mol. The number of hydrogen-bond donors (Lipinski definition) is 0. The number of rotatable bonds is 8. The summed E-state index contributed by atoms with van der Waals surface area (Å²) < 4.78 is 25.2. The van der Waals surface area contributed by atoms with E-state index in [1.54, 1.807) is 0 Å². The van der Waals surface area contributed by atoms with Gasteiger partial charge in [0.05, 0.1) is 26.4 Å². The Kier molecular flexibility index (Phi) is 5.69. The Balaban J connectivity index is 1.19. The van der Waals surface area contributed by atoms with E-state index in [4.69, 9.17) is 18.9 Å². The van der Waals surface area contributed by atoms with Crippen LogP contribution < -0.4 is 0 Å². The van der Waals surface area contributed by atoms with Crippen molar-refractivity contribution >= 4 is 0 Å². The first-order valence-electron chi connectivity index (χ1n) is 10.9. The van der Waals surface area contributed by atoms with Gasteiger partial charge in [0, 0.05) is 12.3 Å². The van der Waals surface area contributed by atoms with E-state index in [2.05, 4.69) is 24.3 Å². The van der Waals surface area contributed by atoms with Crippen LogP contribution >= 0.6 is 0 Å². The third-order valence-corrected chi connectivity index (χ3v) is 6.49. The van der Waals surface area contributed by atoms with E-state index in [9.17, 15) is 0 Å². The maximum absolute atomic E-state index is 6.57. The number of ether oxygens (including phenoxy) is 4. The van der Waals surface area contributed by atoms with E-state index in [0.29, 0.717) is 32.3 Å². The zero-order valence-electron chi connectivity index (χ0n) is 16.9. The molecule has 4 heteroatoms. The molecule has 1 heterocycles. The van der Waals surface area contributed by atoms with Crippen molar-refractivity contribution in [2.75, 3.05) is 13.2 Å². The number of fused-ring (bicyclic) bond motifs is 2. The smallest absolute Gasteiger partial charge is 0.172 e. The highest BCUT2D eigenvalue weighted by atomic mass is 16.8. The number of benzene rings is 2. The third-order valence-electron chi connectivity index (χ3n) is 6.49. The Morgan fingerprint density at radius 1 is 0.793 bits per heavy atom. The van der Waals surface area contributed by atoms with Crippen LogP contribution in [0.4, 0.5) is 0 Å². The maximum atomic E-state index is 6.57. The minimum atomic E-state index is -0.398. The van der Waals surface area contributed by atoms with Crippen LogP contribution in [-0.2, 0) is 32.2 Å². The fourth-order valence-electron chi connectivity index (χ4n) is 4.90. The minimum Gasteiger partial charge on any atom is -0.374 e. The summed E-state index contributed by atoms with van der Waals surface area (Å²) in [7, 11) is 0. The van der Waals surface area contributed by atoms with Crippen LogP contribution in [0.15, 0.2) is 60.7 Å². The molecule has 4 atom stereocenters. The molecule has 1 spiro atoms. The van der Waals surface area contributed by atoms with Gasteiger partial charge in [0.15, 0.2) is 5.79 Å². The topological polar surface area (TPSA) is 36.9 Å². The first kappa shape index (κ1) is 19.3. The van der Waals surface area contributed by atoms with Crippen LogP contribution in [0.3, 0.4) is 0 Å². The van der Waals surface area contributed by atoms with Gasteiger partial charge in [-0.05, 0) is 36.3 Å². The van der Waals surface area contributed by atoms with Crippen LogP contribution in [-0.4, -0.2) is 31.2 Å². The van der Waals surface area contributed by atoms with Gasteiger partial charge in [0.1, 0.15) is 12.2 Å². The van der Waals surface area contributed by atoms with Crippen molar-refractivity contribution in [1.29, 1.82) is 0 Å². The van der Waals surface area contributed by atoms with Crippen molar-refractivity contribution in [3.05, 3.63) is 71.8 Å². The quantitative estimate of drug-likeness (QED) is 0.649. The average Bonchev–Trinajstić information content (AvgIpc) is 3.48. The molecule has 5 rings (SSSR count). The molecular weight excluding hydrogens is 364 g/mol. The second kappa shape index (κ2) is 8.57. The van der Waals surface area contributed by atoms with Crippen molar-refractivity contribution in [1.82, 2.24) is 0 Å². The monoisotopic (exact) mass is 394 g/mol. The molecule has 2 aromatic carbocycles. The van der Waals surface area contributed by atoms with Crippen LogP contribution in [0.5, 0.6) is 0 Å². The van der Waals surface area contributed by atoms with Gasteiger partial charge in [-0.2, -0.15) is 0 Å². The highest BCUT2D eigenvalue weighted by Gasteiger charge is 2.62. The predicted octanol–water partition coefficient (Wildman–Crippen LogP) is 4.72. The highest BCUT2D eigenvalue weighted by Crippen LogP contribution is 2.59. The molecule has 3 aliphatic rings. The van der Waals surface area contributed by atoms with E-state index in [-0.39, 0.29) is 12.2 Å². The molecular formula is C25H30O4. The van der Waals surface area contributed by atoms with Gasteiger partial charge in [0.25, 0.3) is 0 Å². The molecule has 0 radical (unpaired) electrons. The normalized spacial score (nSPS) is 29.7. The molecule has 1 saturated heterocycles. The lowest BCUT2D eigenvalue weighted by Gasteiger charge is -2.32. The fraction of sp³-hybridized carbons (Fsp3) is 0.520. The van der Waals surface area contributed by atoms with Gasteiger partial charge in [-0.1, -0.05) is 60.7 Å². The molecule has 2 aliphatic carbocycles. The summed E-state index contributed by atoms with van der Waals surface area (Å²) in [4.78, 5) is 0.